The minimum Gasteiger partial charge on any atom is -0.490 e. The van der Waals surface area contributed by atoms with Crippen LogP contribution in [0.1, 0.15) is 23.2 Å². The number of aromatic nitrogens is 1. The van der Waals surface area contributed by atoms with Crippen molar-refractivity contribution in [2.75, 3.05) is 18.0 Å². The Morgan fingerprint density at radius 1 is 1.29 bits per heavy atom. The van der Waals surface area contributed by atoms with E-state index in [9.17, 15) is 9.18 Å². The second kappa shape index (κ2) is 7.05. The second-order valence-corrected chi connectivity index (χ2v) is 6.06. The molecule has 5 nitrogen and oxygen atoms in total. The molecule has 1 aromatic carbocycles. The summed E-state index contributed by atoms with van der Waals surface area (Å²) >= 11 is 6.21. The summed E-state index contributed by atoms with van der Waals surface area (Å²) in [4.78, 5) is 17.5. The number of nitrogens with zero attached hydrogens (tertiary/aromatic N) is 2. The van der Waals surface area contributed by atoms with Gasteiger partial charge in [-0.3, -0.25) is 4.79 Å². The molecule has 24 heavy (non-hydrogen) atoms. The monoisotopic (exact) mass is 349 g/mol. The molecular weight excluding hydrogens is 333 g/mol. The molecule has 0 bridgehead atoms. The molecule has 1 saturated heterocycles. The molecule has 0 atom stereocenters. The van der Waals surface area contributed by atoms with Crippen LogP contribution in [0.25, 0.3) is 0 Å². The normalized spacial score (nSPS) is 15.3. The number of amides is 1. The molecule has 0 aliphatic carbocycles. The van der Waals surface area contributed by atoms with E-state index < -0.39 is 5.91 Å². The van der Waals surface area contributed by atoms with E-state index in [0.717, 1.165) is 25.9 Å². The number of hydrogen-bond donors (Lipinski definition) is 1. The number of rotatable bonds is 4. The molecule has 0 saturated carbocycles. The van der Waals surface area contributed by atoms with E-state index in [1.807, 2.05) is 0 Å². The standard InChI is InChI=1S/C17H17ClFN3O2/c18-15-9-11(16(20)23)10-21-17(15)22-7-5-14(6-8-22)24-13-3-1-12(19)2-4-13/h1-4,9-10,14H,5-8H2,(H2,20,23). The molecule has 1 amide bonds. The Kier molecular flexibility index (Phi) is 4.85. The number of halogens is 2. The fourth-order valence-corrected chi connectivity index (χ4v) is 2.98. The van der Waals surface area contributed by atoms with Gasteiger partial charge in [-0.25, -0.2) is 9.37 Å². The van der Waals surface area contributed by atoms with Crippen LogP contribution >= 0.6 is 11.6 Å². The van der Waals surface area contributed by atoms with E-state index in [1.54, 1.807) is 12.1 Å². The first-order valence-electron chi connectivity index (χ1n) is 7.65. The first-order chi connectivity index (χ1) is 11.5. The van der Waals surface area contributed by atoms with E-state index in [-0.39, 0.29) is 11.9 Å². The van der Waals surface area contributed by atoms with E-state index >= 15 is 0 Å². The highest BCUT2D eigenvalue weighted by Gasteiger charge is 2.23. The lowest BCUT2D eigenvalue weighted by molar-refractivity contribution is 0.1000. The molecule has 1 aliphatic heterocycles. The molecule has 1 fully saturated rings. The zero-order chi connectivity index (χ0) is 17.1. The van der Waals surface area contributed by atoms with E-state index in [2.05, 4.69) is 9.88 Å². The van der Waals surface area contributed by atoms with Gasteiger partial charge in [-0.05, 0) is 30.3 Å². The highest BCUT2D eigenvalue weighted by Crippen LogP contribution is 2.28. The molecule has 0 unspecified atom stereocenters. The summed E-state index contributed by atoms with van der Waals surface area (Å²) in [6.07, 6.45) is 3.10. The van der Waals surface area contributed by atoms with Gasteiger partial charge in [0, 0.05) is 32.1 Å². The van der Waals surface area contributed by atoms with Gasteiger partial charge in [-0.2, -0.15) is 0 Å². The van der Waals surface area contributed by atoms with Gasteiger partial charge >= 0.3 is 0 Å². The maximum Gasteiger partial charge on any atom is 0.250 e. The van der Waals surface area contributed by atoms with Gasteiger partial charge in [0.15, 0.2) is 0 Å². The first kappa shape index (κ1) is 16.5. The lowest BCUT2D eigenvalue weighted by atomic mass is 10.1. The van der Waals surface area contributed by atoms with Crippen molar-refractivity contribution in [3.8, 4) is 5.75 Å². The minimum absolute atomic E-state index is 0.0652. The Morgan fingerprint density at radius 3 is 2.54 bits per heavy atom. The average Bonchev–Trinajstić information content (AvgIpc) is 2.58. The van der Waals surface area contributed by atoms with Crippen LogP contribution in [0.4, 0.5) is 10.2 Å². The summed E-state index contributed by atoms with van der Waals surface area (Å²) in [6, 6.07) is 7.56. The third-order valence-electron chi connectivity index (χ3n) is 3.96. The van der Waals surface area contributed by atoms with Crippen LogP contribution in [-0.2, 0) is 0 Å². The van der Waals surface area contributed by atoms with Crippen molar-refractivity contribution in [1.82, 2.24) is 4.98 Å². The number of benzene rings is 1. The molecule has 2 aromatic rings. The number of hydrogen-bond acceptors (Lipinski definition) is 4. The SMILES string of the molecule is NC(=O)c1cnc(N2CCC(Oc3ccc(F)cc3)CC2)c(Cl)c1. The fourth-order valence-electron chi connectivity index (χ4n) is 2.69. The molecule has 126 valence electrons. The molecule has 0 radical (unpaired) electrons. The third kappa shape index (κ3) is 3.76. The maximum absolute atomic E-state index is 12.9. The molecule has 1 aromatic heterocycles. The Bertz CT molecular complexity index is 731. The smallest absolute Gasteiger partial charge is 0.250 e. The zero-order valence-electron chi connectivity index (χ0n) is 12.9. The Labute approximate surface area is 144 Å². The highest BCUT2D eigenvalue weighted by atomic mass is 35.5. The number of piperidine rings is 1. The second-order valence-electron chi connectivity index (χ2n) is 5.65. The number of anilines is 1. The molecule has 0 spiro atoms. The predicted molar refractivity (Wildman–Crippen MR) is 90.0 cm³/mol. The molecular formula is C17H17ClFN3O2. The van der Waals surface area contributed by atoms with Crippen LogP contribution < -0.4 is 15.4 Å². The molecule has 3 rings (SSSR count). The van der Waals surface area contributed by atoms with Gasteiger partial charge < -0.3 is 15.4 Å². The summed E-state index contributed by atoms with van der Waals surface area (Å²) in [5.41, 5.74) is 5.51. The van der Waals surface area contributed by atoms with Crippen molar-refractivity contribution in [2.45, 2.75) is 18.9 Å². The van der Waals surface area contributed by atoms with Crippen LogP contribution in [0.5, 0.6) is 5.75 Å². The van der Waals surface area contributed by atoms with Crippen LogP contribution in [-0.4, -0.2) is 30.1 Å². The molecule has 1 aliphatic rings. The summed E-state index contributed by atoms with van der Waals surface area (Å²) in [6.45, 7) is 1.46. The number of pyridine rings is 1. The van der Waals surface area contributed by atoms with E-state index in [1.165, 1.54) is 24.4 Å². The van der Waals surface area contributed by atoms with E-state index in [0.29, 0.717) is 22.2 Å². The van der Waals surface area contributed by atoms with Crippen molar-refractivity contribution in [3.63, 3.8) is 0 Å². The van der Waals surface area contributed by atoms with Crippen LogP contribution in [0.2, 0.25) is 5.02 Å². The van der Waals surface area contributed by atoms with Gasteiger partial charge in [-0.15, -0.1) is 0 Å². The quantitative estimate of drug-likeness (QED) is 0.921. The number of ether oxygens (including phenoxy) is 1. The summed E-state index contributed by atoms with van der Waals surface area (Å²) in [5.74, 6) is 0.471. The zero-order valence-corrected chi connectivity index (χ0v) is 13.7. The number of carbonyl (C=O) groups is 1. The highest BCUT2D eigenvalue weighted by molar-refractivity contribution is 6.33. The van der Waals surface area contributed by atoms with Crippen LogP contribution in [0.3, 0.4) is 0 Å². The topological polar surface area (TPSA) is 68.5 Å². The van der Waals surface area contributed by atoms with Gasteiger partial charge in [0.1, 0.15) is 23.5 Å². The van der Waals surface area contributed by atoms with Gasteiger partial charge in [0.25, 0.3) is 0 Å². The minimum atomic E-state index is -0.553. The summed E-state index contributed by atoms with van der Waals surface area (Å²) in [5, 5.41) is 0.407. The number of primary amides is 1. The average molecular weight is 350 g/mol. The van der Waals surface area contributed by atoms with Crippen LogP contribution in [0.15, 0.2) is 36.5 Å². The summed E-state index contributed by atoms with van der Waals surface area (Å²) in [7, 11) is 0. The maximum atomic E-state index is 12.9. The predicted octanol–water partition coefficient (Wildman–Crippen LogP) is 3.02. The Balaban J connectivity index is 1.60. The molecule has 2 N–H and O–H groups in total. The number of nitrogens with two attached hydrogens (primary N) is 1. The Morgan fingerprint density at radius 2 is 1.96 bits per heavy atom. The van der Waals surface area contributed by atoms with Crippen LogP contribution in [0, 0.1) is 5.82 Å². The van der Waals surface area contributed by atoms with Crippen molar-refractivity contribution in [1.29, 1.82) is 0 Å². The van der Waals surface area contributed by atoms with Crippen molar-refractivity contribution >= 4 is 23.3 Å². The third-order valence-corrected chi connectivity index (χ3v) is 4.24. The summed E-state index contributed by atoms with van der Waals surface area (Å²) < 4.78 is 18.8. The number of carbonyl (C=O) groups excluding carboxylic acids is 1. The first-order valence-corrected chi connectivity index (χ1v) is 8.03. The lowest BCUT2D eigenvalue weighted by Gasteiger charge is -2.33. The van der Waals surface area contributed by atoms with Gasteiger partial charge in [0.2, 0.25) is 5.91 Å². The van der Waals surface area contributed by atoms with Gasteiger partial charge in [-0.1, -0.05) is 11.6 Å². The lowest BCUT2D eigenvalue weighted by Crippen LogP contribution is -2.38. The largest absolute Gasteiger partial charge is 0.490 e. The fraction of sp³-hybridized carbons (Fsp3) is 0.294. The molecule has 7 heteroatoms. The Hall–Kier alpha value is -2.34. The van der Waals surface area contributed by atoms with Gasteiger partial charge in [0.05, 0.1) is 10.6 Å². The van der Waals surface area contributed by atoms with Crippen molar-refractivity contribution in [2.24, 2.45) is 5.73 Å². The molecule has 2 heterocycles. The van der Waals surface area contributed by atoms with Crippen molar-refractivity contribution < 1.29 is 13.9 Å². The van der Waals surface area contributed by atoms with Crippen molar-refractivity contribution in [3.05, 3.63) is 52.9 Å². The van der Waals surface area contributed by atoms with E-state index in [4.69, 9.17) is 22.1 Å².